The molecule has 28 heavy (non-hydrogen) atoms. The monoisotopic (exact) mass is 427 g/mol. The van der Waals surface area contributed by atoms with Gasteiger partial charge in [0.15, 0.2) is 11.5 Å². The maximum atomic E-state index is 10.5. The molecule has 0 radical (unpaired) electrons. The van der Waals surface area contributed by atoms with Crippen LogP contribution in [0.3, 0.4) is 0 Å². The second kappa shape index (κ2) is 11.5. The molecule has 0 bridgehead atoms. The number of aliphatic hydroxyl groups excluding tert-OH is 1. The molecule has 0 amide bonds. The summed E-state index contributed by atoms with van der Waals surface area (Å²) < 4.78 is 16.5. The summed E-state index contributed by atoms with van der Waals surface area (Å²) in [5, 5.41) is 16.2. The Morgan fingerprint density at radius 2 is 1.79 bits per heavy atom. The number of methoxy groups -OCH3 is 2. The summed E-state index contributed by atoms with van der Waals surface area (Å²) in [6.45, 7) is 0.655. The minimum atomic E-state index is -0.622. The number of halogens is 1. The molecule has 156 valence electrons. The van der Waals surface area contributed by atoms with E-state index in [-0.39, 0.29) is 19.0 Å². The van der Waals surface area contributed by atoms with Crippen LogP contribution in [-0.4, -0.2) is 38.6 Å². The van der Waals surface area contributed by atoms with E-state index in [1.807, 2.05) is 18.2 Å². The second-order valence-corrected chi connectivity index (χ2v) is 7.88. The Balaban J connectivity index is 0.00000280. The van der Waals surface area contributed by atoms with E-state index in [0.29, 0.717) is 35.8 Å². The van der Waals surface area contributed by atoms with Gasteiger partial charge in [0.05, 0.1) is 14.2 Å². The number of ether oxygens (including phenoxy) is 3. The van der Waals surface area contributed by atoms with Crippen molar-refractivity contribution >= 4 is 23.7 Å². The molecule has 1 saturated carbocycles. The highest BCUT2D eigenvalue weighted by molar-refractivity contribution is 7.10. The van der Waals surface area contributed by atoms with Crippen LogP contribution in [0.15, 0.2) is 35.7 Å². The smallest absolute Gasteiger partial charge is 0.203 e. The molecule has 0 saturated heterocycles. The zero-order valence-electron chi connectivity index (χ0n) is 16.4. The van der Waals surface area contributed by atoms with E-state index in [4.69, 9.17) is 14.2 Å². The summed E-state index contributed by atoms with van der Waals surface area (Å²) in [6, 6.07) is 10.1. The predicted octanol–water partition coefficient (Wildman–Crippen LogP) is 4.45. The Morgan fingerprint density at radius 1 is 1.11 bits per heavy atom. The topological polar surface area (TPSA) is 60.0 Å². The lowest BCUT2D eigenvalue weighted by molar-refractivity contribution is 0.0976. The zero-order valence-corrected chi connectivity index (χ0v) is 18.1. The van der Waals surface area contributed by atoms with Crippen molar-refractivity contribution in [1.29, 1.82) is 0 Å². The molecule has 1 aromatic heterocycles. The summed E-state index contributed by atoms with van der Waals surface area (Å²) in [7, 11) is 3.18. The highest BCUT2D eigenvalue weighted by atomic mass is 35.5. The highest BCUT2D eigenvalue weighted by Crippen LogP contribution is 2.38. The van der Waals surface area contributed by atoms with Gasteiger partial charge >= 0.3 is 0 Å². The first-order chi connectivity index (χ1) is 13.2. The van der Waals surface area contributed by atoms with E-state index in [9.17, 15) is 5.11 Å². The quantitative estimate of drug-likeness (QED) is 0.586. The van der Waals surface area contributed by atoms with E-state index < -0.39 is 6.10 Å². The van der Waals surface area contributed by atoms with Gasteiger partial charge in [-0.1, -0.05) is 25.0 Å². The lowest BCUT2D eigenvalue weighted by atomic mass is 9.96. The molecule has 1 fully saturated rings. The Morgan fingerprint density at radius 3 is 2.36 bits per heavy atom. The van der Waals surface area contributed by atoms with Crippen molar-refractivity contribution in [2.45, 2.75) is 37.8 Å². The van der Waals surface area contributed by atoms with Gasteiger partial charge in [0, 0.05) is 17.5 Å². The summed E-state index contributed by atoms with van der Waals surface area (Å²) in [5.74, 6) is 2.35. The Kier molecular flexibility index (Phi) is 9.38. The minimum Gasteiger partial charge on any atom is -0.493 e. The summed E-state index contributed by atoms with van der Waals surface area (Å²) in [4.78, 5) is 1.35. The molecule has 1 aromatic carbocycles. The fourth-order valence-electron chi connectivity index (χ4n) is 3.72. The van der Waals surface area contributed by atoms with E-state index in [2.05, 4.69) is 22.8 Å². The molecule has 1 heterocycles. The van der Waals surface area contributed by atoms with Crippen LogP contribution < -0.4 is 19.5 Å². The van der Waals surface area contributed by atoms with Gasteiger partial charge in [-0.15, -0.1) is 23.7 Å². The minimum absolute atomic E-state index is 0. The first-order valence-electron chi connectivity index (χ1n) is 9.51. The van der Waals surface area contributed by atoms with Gasteiger partial charge in [-0.3, -0.25) is 0 Å². The summed E-state index contributed by atoms with van der Waals surface area (Å²) >= 11 is 1.78. The van der Waals surface area contributed by atoms with Crippen molar-refractivity contribution in [2.24, 2.45) is 5.92 Å². The molecule has 0 spiro atoms. The van der Waals surface area contributed by atoms with Crippen LogP contribution in [0.2, 0.25) is 0 Å². The lowest BCUT2D eigenvalue weighted by Gasteiger charge is -2.25. The fourth-order valence-corrected chi connectivity index (χ4v) is 4.61. The third-order valence-electron chi connectivity index (χ3n) is 5.10. The predicted molar refractivity (Wildman–Crippen MR) is 115 cm³/mol. The number of hydrogen-bond donors (Lipinski definition) is 2. The molecule has 2 unspecified atom stereocenters. The Bertz CT molecular complexity index is 669. The molecule has 2 atom stereocenters. The molecular formula is C21H30ClNO4S. The third-order valence-corrected chi connectivity index (χ3v) is 6.05. The van der Waals surface area contributed by atoms with Gasteiger partial charge in [0.1, 0.15) is 12.7 Å². The summed E-state index contributed by atoms with van der Waals surface area (Å²) in [6.07, 6.45) is 4.48. The van der Waals surface area contributed by atoms with Crippen molar-refractivity contribution in [1.82, 2.24) is 5.32 Å². The number of hydrogen-bond acceptors (Lipinski definition) is 6. The number of thiophene rings is 1. The molecule has 1 aliphatic carbocycles. The van der Waals surface area contributed by atoms with Crippen molar-refractivity contribution in [3.63, 3.8) is 0 Å². The van der Waals surface area contributed by atoms with Gasteiger partial charge in [0.25, 0.3) is 0 Å². The first kappa shape index (κ1) is 22.8. The van der Waals surface area contributed by atoms with Crippen LogP contribution >= 0.6 is 23.7 Å². The van der Waals surface area contributed by atoms with Gasteiger partial charge in [-0.2, -0.15) is 0 Å². The first-order valence-corrected chi connectivity index (χ1v) is 10.4. The van der Waals surface area contributed by atoms with Gasteiger partial charge in [-0.05, 0) is 42.3 Å². The number of para-hydroxylation sites is 1. The van der Waals surface area contributed by atoms with E-state index in [1.54, 1.807) is 25.6 Å². The number of benzene rings is 1. The van der Waals surface area contributed by atoms with E-state index in [1.165, 1.54) is 30.6 Å². The average molecular weight is 428 g/mol. The van der Waals surface area contributed by atoms with Gasteiger partial charge in [-0.25, -0.2) is 0 Å². The van der Waals surface area contributed by atoms with Crippen molar-refractivity contribution in [3.8, 4) is 17.2 Å². The fraction of sp³-hybridized carbons (Fsp3) is 0.524. The van der Waals surface area contributed by atoms with Crippen molar-refractivity contribution in [3.05, 3.63) is 40.6 Å². The maximum absolute atomic E-state index is 10.5. The van der Waals surface area contributed by atoms with Crippen LogP contribution in [0.4, 0.5) is 0 Å². The largest absolute Gasteiger partial charge is 0.493 e. The zero-order chi connectivity index (χ0) is 19.1. The van der Waals surface area contributed by atoms with E-state index in [0.717, 1.165) is 0 Å². The molecule has 0 aliphatic heterocycles. The SMILES string of the molecule is COc1cccc(OC)c1OCC(O)CNC(c1cccs1)C1CCCC1.Cl. The van der Waals surface area contributed by atoms with Crippen LogP contribution in [0.25, 0.3) is 0 Å². The van der Waals surface area contributed by atoms with Crippen LogP contribution in [0, 0.1) is 5.92 Å². The molecular weight excluding hydrogens is 398 g/mol. The maximum Gasteiger partial charge on any atom is 0.203 e. The molecule has 5 nitrogen and oxygen atoms in total. The van der Waals surface area contributed by atoms with Gasteiger partial charge in [0.2, 0.25) is 5.75 Å². The Hall–Kier alpha value is -1.47. The highest BCUT2D eigenvalue weighted by Gasteiger charge is 2.27. The van der Waals surface area contributed by atoms with Crippen LogP contribution in [0.1, 0.15) is 36.6 Å². The number of nitrogens with one attached hydrogen (secondary N) is 1. The normalized spacial score (nSPS) is 16.2. The molecule has 1 aliphatic rings. The molecule has 3 rings (SSSR count). The Labute approximate surface area is 177 Å². The molecule has 7 heteroatoms. The molecule has 2 N–H and O–H groups in total. The van der Waals surface area contributed by atoms with Crippen LogP contribution in [0.5, 0.6) is 17.2 Å². The third kappa shape index (κ3) is 5.77. The average Bonchev–Trinajstić information content (AvgIpc) is 3.41. The van der Waals surface area contributed by atoms with E-state index >= 15 is 0 Å². The van der Waals surface area contributed by atoms with Crippen LogP contribution in [-0.2, 0) is 0 Å². The number of rotatable bonds is 10. The standard InChI is InChI=1S/C21H29NO4S.ClH/c1-24-17-9-5-10-18(25-2)21(17)26-14-16(23)13-22-20(15-7-3-4-8-15)19-11-6-12-27-19;/h5-6,9-12,15-16,20,22-23H,3-4,7-8,13-14H2,1-2H3;1H. The second-order valence-electron chi connectivity index (χ2n) is 6.90. The molecule has 2 aromatic rings. The number of aliphatic hydroxyl groups is 1. The summed E-state index contributed by atoms with van der Waals surface area (Å²) in [5.41, 5.74) is 0. The lowest BCUT2D eigenvalue weighted by Crippen LogP contribution is -2.36. The van der Waals surface area contributed by atoms with Gasteiger partial charge < -0.3 is 24.6 Å². The van der Waals surface area contributed by atoms with Crippen molar-refractivity contribution < 1.29 is 19.3 Å². The van der Waals surface area contributed by atoms with Crippen molar-refractivity contribution in [2.75, 3.05) is 27.4 Å².